The fourth-order valence-electron chi connectivity index (χ4n) is 4.93. The molecule has 1 saturated carbocycles. The van der Waals surface area contributed by atoms with Crippen LogP contribution < -0.4 is 11.1 Å². The number of hydrogen-bond donors (Lipinski definition) is 0. The van der Waals surface area contributed by atoms with Crippen LogP contribution in [0.2, 0.25) is 0 Å². The highest BCUT2D eigenvalue weighted by molar-refractivity contribution is 5.16. The monoisotopic (exact) mass is 400 g/mol. The fourth-order valence-corrected chi connectivity index (χ4v) is 4.93. The summed E-state index contributed by atoms with van der Waals surface area (Å²) in [6.45, 7) is 2.80. The lowest BCUT2D eigenvalue weighted by molar-refractivity contribution is -0.0860. The van der Waals surface area contributed by atoms with Gasteiger partial charge in [-0.25, -0.2) is 9.07 Å². The zero-order chi connectivity index (χ0) is 20.0. The molecule has 29 heavy (non-hydrogen) atoms. The van der Waals surface area contributed by atoms with Gasteiger partial charge in [0, 0.05) is 19.6 Å². The highest BCUT2D eigenvalue weighted by atomic mass is 19.1. The average molecular weight is 400 g/mol. The van der Waals surface area contributed by atoms with Gasteiger partial charge in [0.05, 0.1) is 12.6 Å². The third-order valence-corrected chi connectivity index (χ3v) is 6.51. The predicted molar refractivity (Wildman–Crippen MR) is 104 cm³/mol. The molecule has 3 heterocycles. The number of hydrogen-bond acceptors (Lipinski definition) is 5. The second-order valence-corrected chi connectivity index (χ2v) is 8.55. The molecule has 1 aliphatic carbocycles. The Bertz CT molecular complexity index is 1030. The normalized spacial score (nSPS) is 25.0. The lowest BCUT2D eigenvalue weighted by Crippen LogP contribution is -2.53. The van der Waals surface area contributed by atoms with E-state index >= 15 is 0 Å². The Morgan fingerprint density at radius 3 is 2.62 bits per heavy atom. The van der Waals surface area contributed by atoms with Crippen molar-refractivity contribution >= 4 is 0 Å². The van der Waals surface area contributed by atoms with Crippen molar-refractivity contribution in [2.24, 2.45) is 0 Å². The van der Waals surface area contributed by atoms with Gasteiger partial charge >= 0.3 is 11.1 Å². The van der Waals surface area contributed by atoms with Crippen LogP contribution in [0.15, 0.2) is 33.9 Å². The molecule has 1 atom stereocenters. The van der Waals surface area contributed by atoms with Crippen LogP contribution in [0.4, 0.5) is 4.39 Å². The second kappa shape index (κ2) is 7.18. The molecule has 1 aromatic heterocycles. The van der Waals surface area contributed by atoms with E-state index in [1.54, 1.807) is 12.1 Å². The van der Waals surface area contributed by atoms with Gasteiger partial charge in [0.15, 0.2) is 5.82 Å². The van der Waals surface area contributed by atoms with Gasteiger partial charge in [0.25, 0.3) is 0 Å². The Balaban J connectivity index is 1.35. The minimum Gasteiger partial charge on any atom is -0.364 e. The first-order chi connectivity index (χ1) is 14.0. The van der Waals surface area contributed by atoms with E-state index < -0.39 is 16.7 Å². The summed E-state index contributed by atoms with van der Waals surface area (Å²) in [5.41, 5.74) is -0.441. The van der Waals surface area contributed by atoms with E-state index in [1.165, 1.54) is 21.4 Å². The Hall–Kier alpha value is -2.32. The minimum atomic E-state index is -0.515. The van der Waals surface area contributed by atoms with Crippen molar-refractivity contribution < 1.29 is 9.13 Å². The molecule has 154 valence electrons. The topological polar surface area (TPSA) is 69.4 Å². The molecule has 0 radical (unpaired) electrons. The highest BCUT2D eigenvalue weighted by Crippen LogP contribution is 2.32. The van der Waals surface area contributed by atoms with Crippen LogP contribution in [0.3, 0.4) is 0 Å². The van der Waals surface area contributed by atoms with Crippen molar-refractivity contribution in [2.45, 2.75) is 63.4 Å². The van der Waals surface area contributed by atoms with Crippen LogP contribution in [0, 0.1) is 5.82 Å². The number of nitrogens with zero attached hydrogens (tertiary/aromatic N) is 4. The van der Waals surface area contributed by atoms with E-state index in [9.17, 15) is 14.0 Å². The van der Waals surface area contributed by atoms with Crippen molar-refractivity contribution in [2.75, 3.05) is 13.1 Å². The number of ether oxygens (including phenoxy) is 1. The number of rotatable bonds is 3. The van der Waals surface area contributed by atoms with Gasteiger partial charge in [0.2, 0.25) is 0 Å². The summed E-state index contributed by atoms with van der Waals surface area (Å²) < 4.78 is 22.3. The third kappa shape index (κ3) is 3.44. The van der Waals surface area contributed by atoms with Crippen LogP contribution in [-0.2, 0) is 24.4 Å². The van der Waals surface area contributed by atoms with Crippen molar-refractivity contribution in [3.05, 3.63) is 62.2 Å². The first-order valence-corrected chi connectivity index (χ1v) is 10.4. The molecule has 3 aliphatic rings. The molecule has 5 rings (SSSR count). The molecule has 8 heteroatoms. The third-order valence-electron chi connectivity index (χ3n) is 6.51. The molecule has 0 amide bonds. The SMILES string of the molecule is O=c1c(=O)n2c(nn1C1CCCC1)CO[C@]1(CCN(Cc3ccc(F)cc3)C1)C2. The Morgan fingerprint density at radius 2 is 1.86 bits per heavy atom. The maximum Gasteiger partial charge on any atom is 0.332 e. The summed E-state index contributed by atoms with van der Waals surface area (Å²) in [7, 11) is 0. The predicted octanol–water partition coefficient (Wildman–Crippen LogP) is 1.83. The van der Waals surface area contributed by atoms with Crippen LogP contribution in [0.25, 0.3) is 0 Å². The van der Waals surface area contributed by atoms with Gasteiger partial charge in [-0.1, -0.05) is 25.0 Å². The first kappa shape index (κ1) is 18.7. The molecule has 0 unspecified atom stereocenters. The molecule has 1 saturated heterocycles. The Kier molecular flexibility index (Phi) is 4.63. The molecule has 2 fully saturated rings. The van der Waals surface area contributed by atoms with Crippen molar-refractivity contribution in [1.29, 1.82) is 0 Å². The maximum atomic E-state index is 13.1. The Labute approximate surface area is 167 Å². The van der Waals surface area contributed by atoms with E-state index in [4.69, 9.17) is 4.74 Å². The largest absolute Gasteiger partial charge is 0.364 e. The van der Waals surface area contributed by atoms with E-state index in [1.807, 2.05) is 0 Å². The molecule has 2 aliphatic heterocycles. The molecular formula is C21H25FN4O3. The molecule has 2 aromatic rings. The summed E-state index contributed by atoms with van der Waals surface area (Å²) >= 11 is 0. The van der Waals surface area contributed by atoms with E-state index in [0.29, 0.717) is 25.5 Å². The zero-order valence-corrected chi connectivity index (χ0v) is 16.3. The molecule has 0 N–H and O–H groups in total. The lowest BCUT2D eigenvalue weighted by atomic mass is 10.0. The number of halogens is 1. The lowest BCUT2D eigenvalue weighted by Gasteiger charge is -2.35. The summed E-state index contributed by atoms with van der Waals surface area (Å²) in [4.78, 5) is 27.7. The van der Waals surface area contributed by atoms with Gasteiger partial charge in [-0.05, 0) is 37.0 Å². The highest BCUT2D eigenvalue weighted by Gasteiger charge is 2.43. The molecule has 0 bridgehead atoms. The minimum absolute atomic E-state index is 0.0367. The quantitative estimate of drug-likeness (QED) is 0.736. The fraction of sp³-hybridized carbons (Fsp3) is 0.571. The smallest absolute Gasteiger partial charge is 0.332 e. The van der Waals surface area contributed by atoms with Crippen LogP contribution in [0.1, 0.15) is 49.5 Å². The number of aromatic nitrogens is 3. The zero-order valence-electron chi connectivity index (χ0n) is 16.3. The summed E-state index contributed by atoms with van der Waals surface area (Å²) in [6.07, 6.45) is 4.73. The van der Waals surface area contributed by atoms with Gasteiger partial charge < -0.3 is 4.74 Å². The van der Waals surface area contributed by atoms with E-state index in [-0.39, 0.29) is 18.5 Å². The van der Waals surface area contributed by atoms with E-state index in [2.05, 4.69) is 10.00 Å². The van der Waals surface area contributed by atoms with E-state index in [0.717, 1.165) is 44.2 Å². The number of likely N-dealkylation sites (tertiary alicyclic amines) is 1. The summed E-state index contributed by atoms with van der Waals surface area (Å²) in [5.74, 6) is 0.304. The van der Waals surface area contributed by atoms with Crippen molar-refractivity contribution in [3.8, 4) is 0 Å². The maximum absolute atomic E-state index is 13.1. The summed E-state index contributed by atoms with van der Waals surface area (Å²) in [5, 5.41) is 4.50. The summed E-state index contributed by atoms with van der Waals surface area (Å²) in [6, 6.07) is 6.55. The van der Waals surface area contributed by atoms with Gasteiger partial charge in [-0.2, -0.15) is 5.10 Å². The Morgan fingerprint density at radius 1 is 1.10 bits per heavy atom. The molecule has 1 spiro atoms. The standard InChI is InChI=1S/C21H25FN4O3/c22-16-7-5-15(6-8-16)11-24-10-9-21(13-24)14-25-18(12-29-21)23-26(20(28)19(25)27)17-3-1-2-4-17/h5-8,17H,1-4,9-14H2/t21-/m0/s1. The average Bonchev–Trinajstić information content (AvgIpc) is 3.38. The molecular weight excluding hydrogens is 375 g/mol. The van der Waals surface area contributed by atoms with Crippen LogP contribution >= 0.6 is 0 Å². The van der Waals surface area contributed by atoms with Gasteiger partial charge in [-0.3, -0.25) is 19.1 Å². The van der Waals surface area contributed by atoms with Crippen molar-refractivity contribution in [3.63, 3.8) is 0 Å². The molecule has 7 nitrogen and oxygen atoms in total. The number of benzene rings is 1. The van der Waals surface area contributed by atoms with Gasteiger partial charge in [0.1, 0.15) is 18.0 Å². The van der Waals surface area contributed by atoms with Crippen molar-refractivity contribution in [1.82, 2.24) is 19.2 Å². The molecule has 1 aromatic carbocycles. The number of fused-ring (bicyclic) bond motifs is 1. The first-order valence-electron chi connectivity index (χ1n) is 10.4. The second-order valence-electron chi connectivity index (χ2n) is 8.55. The van der Waals surface area contributed by atoms with Crippen LogP contribution in [0.5, 0.6) is 0 Å². The van der Waals surface area contributed by atoms with Gasteiger partial charge in [-0.15, -0.1) is 0 Å². The van der Waals surface area contributed by atoms with Crippen LogP contribution in [-0.4, -0.2) is 37.9 Å².